The molecule has 86 valence electrons. The lowest BCUT2D eigenvalue weighted by molar-refractivity contribution is 0.313. The monoisotopic (exact) mass is 219 g/mol. The van der Waals surface area contributed by atoms with Crippen molar-refractivity contribution in [3.63, 3.8) is 0 Å². The molecule has 1 aliphatic heterocycles. The number of hydrogen-bond acceptors (Lipinski definition) is 4. The minimum Gasteiger partial charge on any atom is -0.463 e. The Morgan fingerprint density at radius 1 is 1.44 bits per heavy atom. The average Bonchev–Trinajstić information content (AvgIpc) is 2.73. The highest BCUT2D eigenvalue weighted by molar-refractivity contribution is 5.73. The zero-order valence-electron chi connectivity index (χ0n) is 9.47. The Labute approximate surface area is 95.7 Å². The predicted molar refractivity (Wildman–Crippen MR) is 65.7 cm³/mol. The molecular formula is C12H17N3O. The van der Waals surface area contributed by atoms with Gasteiger partial charge in [0.15, 0.2) is 0 Å². The van der Waals surface area contributed by atoms with E-state index in [4.69, 9.17) is 10.5 Å². The predicted octanol–water partition coefficient (Wildman–Crippen LogP) is 1.23. The standard InChI is InChI=1S/C12H17N3O/c1-2-15(11-6-4-3-5-7-11)8-10-9-16-12(13)14-10/h3-7,10H,2,8-9H2,1H3,(H2,13,14)/t10-/m1/s1. The molecule has 0 spiro atoms. The van der Waals surface area contributed by atoms with Crippen LogP contribution < -0.4 is 10.6 Å². The van der Waals surface area contributed by atoms with Gasteiger partial charge in [0.05, 0.1) is 0 Å². The topological polar surface area (TPSA) is 50.9 Å². The maximum atomic E-state index is 5.49. The van der Waals surface area contributed by atoms with Crippen LogP contribution in [0.1, 0.15) is 6.92 Å². The van der Waals surface area contributed by atoms with Gasteiger partial charge in [-0.1, -0.05) is 18.2 Å². The lowest BCUT2D eigenvalue weighted by atomic mass is 10.2. The van der Waals surface area contributed by atoms with Crippen LogP contribution in [0.2, 0.25) is 0 Å². The zero-order valence-corrected chi connectivity index (χ0v) is 9.47. The number of anilines is 1. The van der Waals surface area contributed by atoms with Crippen LogP contribution in [0, 0.1) is 0 Å². The van der Waals surface area contributed by atoms with Gasteiger partial charge in [-0.3, -0.25) is 0 Å². The van der Waals surface area contributed by atoms with Gasteiger partial charge in [-0.15, -0.1) is 0 Å². The molecule has 2 rings (SSSR count). The Balaban J connectivity index is 2.01. The summed E-state index contributed by atoms with van der Waals surface area (Å²) in [4.78, 5) is 6.51. The summed E-state index contributed by atoms with van der Waals surface area (Å²) in [7, 11) is 0. The molecule has 0 fully saturated rings. The number of amidine groups is 1. The Hall–Kier alpha value is -1.71. The van der Waals surface area contributed by atoms with Crippen molar-refractivity contribution in [2.75, 3.05) is 24.6 Å². The number of hydrogen-bond donors (Lipinski definition) is 1. The molecule has 16 heavy (non-hydrogen) atoms. The first-order chi connectivity index (χ1) is 7.79. The highest BCUT2D eigenvalue weighted by atomic mass is 16.5. The molecule has 0 radical (unpaired) electrons. The summed E-state index contributed by atoms with van der Waals surface area (Å²) in [5, 5.41) is 0. The summed E-state index contributed by atoms with van der Waals surface area (Å²) in [5.41, 5.74) is 6.70. The molecule has 0 aliphatic carbocycles. The summed E-state index contributed by atoms with van der Waals surface area (Å²) in [5.74, 6) is 0. The lowest BCUT2D eigenvalue weighted by Crippen LogP contribution is -2.32. The van der Waals surface area contributed by atoms with Gasteiger partial charge in [-0.05, 0) is 19.1 Å². The van der Waals surface area contributed by atoms with Gasteiger partial charge in [0.1, 0.15) is 12.6 Å². The zero-order chi connectivity index (χ0) is 11.4. The van der Waals surface area contributed by atoms with E-state index in [1.807, 2.05) is 18.2 Å². The summed E-state index contributed by atoms with van der Waals surface area (Å²) in [6.45, 7) is 4.53. The van der Waals surface area contributed by atoms with Gasteiger partial charge in [0, 0.05) is 18.8 Å². The van der Waals surface area contributed by atoms with Crippen LogP contribution >= 0.6 is 0 Å². The largest absolute Gasteiger partial charge is 0.463 e. The Kier molecular flexibility index (Phi) is 3.29. The van der Waals surface area contributed by atoms with E-state index < -0.39 is 0 Å². The van der Waals surface area contributed by atoms with Crippen LogP contribution in [-0.4, -0.2) is 31.8 Å². The number of rotatable bonds is 4. The van der Waals surface area contributed by atoms with Crippen LogP contribution in [0.5, 0.6) is 0 Å². The minimum absolute atomic E-state index is 0.153. The first-order valence-electron chi connectivity index (χ1n) is 5.55. The van der Waals surface area contributed by atoms with Crippen molar-refractivity contribution >= 4 is 11.7 Å². The number of aliphatic imine (C=N–C) groups is 1. The number of benzene rings is 1. The van der Waals surface area contributed by atoms with E-state index >= 15 is 0 Å². The molecule has 0 amide bonds. The Morgan fingerprint density at radius 3 is 2.75 bits per heavy atom. The molecule has 1 heterocycles. The summed E-state index contributed by atoms with van der Waals surface area (Å²) < 4.78 is 5.15. The van der Waals surface area contributed by atoms with Gasteiger partial charge in [0.25, 0.3) is 6.02 Å². The highest BCUT2D eigenvalue weighted by Crippen LogP contribution is 2.15. The summed E-state index contributed by atoms with van der Waals surface area (Å²) in [6, 6.07) is 10.8. The van der Waals surface area contributed by atoms with Crippen molar-refractivity contribution in [3.8, 4) is 0 Å². The first-order valence-corrected chi connectivity index (χ1v) is 5.55. The third-order valence-electron chi connectivity index (χ3n) is 2.67. The van der Waals surface area contributed by atoms with E-state index in [0.717, 1.165) is 13.1 Å². The van der Waals surface area contributed by atoms with E-state index in [-0.39, 0.29) is 6.04 Å². The molecular weight excluding hydrogens is 202 g/mol. The van der Waals surface area contributed by atoms with Gasteiger partial charge in [-0.2, -0.15) is 0 Å². The second-order valence-corrected chi connectivity index (χ2v) is 3.81. The molecule has 1 atom stereocenters. The van der Waals surface area contributed by atoms with Crippen molar-refractivity contribution in [1.82, 2.24) is 0 Å². The van der Waals surface area contributed by atoms with Gasteiger partial charge < -0.3 is 15.4 Å². The van der Waals surface area contributed by atoms with Crippen molar-refractivity contribution in [2.45, 2.75) is 13.0 Å². The van der Waals surface area contributed by atoms with Crippen LogP contribution in [-0.2, 0) is 4.74 Å². The quantitative estimate of drug-likeness (QED) is 0.828. The van der Waals surface area contributed by atoms with E-state index in [9.17, 15) is 0 Å². The second kappa shape index (κ2) is 4.88. The molecule has 1 aromatic carbocycles. The third-order valence-corrected chi connectivity index (χ3v) is 2.67. The number of likely N-dealkylation sites (N-methyl/N-ethyl adjacent to an activating group) is 1. The van der Waals surface area contributed by atoms with Crippen LogP contribution in [0.25, 0.3) is 0 Å². The van der Waals surface area contributed by atoms with Gasteiger partial charge >= 0.3 is 0 Å². The summed E-state index contributed by atoms with van der Waals surface area (Å²) >= 11 is 0. The summed E-state index contributed by atoms with van der Waals surface area (Å²) in [6.07, 6.45) is 0. The molecule has 1 aromatic rings. The van der Waals surface area contributed by atoms with Gasteiger partial charge in [-0.25, -0.2) is 4.99 Å². The van der Waals surface area contributed by atoms with Crippen LogP contribution in [0.3, 0.4) is 0 Å². The lowest BCUT2D eigenvalue weighted by Gasteiger charge is -2.24. The maximum absolute atomic E-state index is 5.49. The van der Waals surface area contributed by atoms with Crippen molar-refractivity contribution in [3.05, 3.63) is 30.3 Å². The second-order valence-electron chi connectivity index (χ2n) is 3.81. The molecule has 1 aliphatic rings. The SMILES string of the molecule is CCN(C[C@@H]1COC(N)=N1)c1ccccc1. The smallest absolute Gasteiger partial charge is 0.282 e. The molecule has 4 heteroatoms. The first kappa shape index (κ1) is 10.8. The van der Waals surface area contributed by atoms with E-state index in [1.165, 1.54) is 5.69 Å². The molecule has 0 bridgehead atoms. The molecule has 4 nitrogen and oxygen atoms in total. The van der Waals surface area contributed by atoms with E-state index in [1.54, 1.807) is 0 Å². The number of nitrogens with zero attached hydrogens (tertiary/aromatic N) is 2. The van der Waals surface area contributed by atoms with Crippen molar-refractivity contribution in [2.24, 2.45) is 10.7 Å². The Bertz CT molecular complexity index is 364. The minimum atomic E-state index is 0.153. The molecule has 0 aromatic heterocycles. The highest BCUT2D eigenvalue weighted by Gasteiger charge is 2.19. The number of ether oxygens (including phenoxy) is 1. The molecule has 0 saturated carbocycles. The fourth-order valence-electron chi connectivity index (χ4n) is 1.84. The third kappa shape index (κ3) is 2.45. The van der Waals surface area contributed by atoms with E-state index in [2.05, 4.69) is 28.9 Å². The molecule has 2 N–H and O–H groups in total. The Morgan fingerprint density at radius 2 is 2.19 bits per heavy atom. The normalized spacial score (nSPS) is 19.1. The fraction of sp³-hybridized carbons (Fsp3) is 0.417. The van der Waals surface area contributed by atoms with Crippen molar-refractivity contribution in [1.29, 1.82) is 0 Å². The number of para-hydroxylation sites is 1. The average molecular weight is 219 g/mol. The molecule has 0 saturated heterocycles. The number of nitrogens with two attached hydrogens (primary N) is 1. The fourth-order valence-corrected chi connectivity index (χ4v) is 1.84. The van der Waals surface area contributed by atoms with Gasteiger partial charge in [0.2, 0.25) is 0 Å². The van der Waals surface area contributed by atoms with Crippen LogP contribution in [0.4, 0.5) is 5.69 Å². The van der Waals surface area contributed by atoms with Crippen molar-refractivity contribution < 1.29 is 4.74 Å². The molecule has 0 unspecified atom stereocenters. The maximum Gasteiger partial charge on any atom is 0.282 e. The van der Waals surface area contributed by atoms with Crippen LogP contribution in [0.15, 0.2) is 35.3 Å². The van der Waals surface area contributed by atoms with E-state index in [0.29, 0.717) is 12.6 Å².